The number of hydrogen-bond acceptors (Lipinski definition) is 8. The number of aryl methyl sites for hydroxylation is 2. The molecule has 34 heavy (non-hydrogen) atoms. The van der Waals surface area contributed by atoms with Gasteiger partial charge < -0.3 is 24.4 Å². The maximum atomic E-state index is 13.5. The Morgan fingerprint density at radius 1 is 1.00 bits per heavy atom. The summed E-state index contributed by atoms with van der Waals surface area (Å²) in [4.78, 5) is 33.5. The van der Waals surface area contributed by atoms with Crippen LogP contribution in [0.25, 0.3) is 5.57 Å². The lowest BCUT2D eigenvalue weighted by molar-refractivity contribution is -0.110. The van der Waals surface area contributed by atoms with Crippen molar-refractivity contribution in [3.8, 4) is 17.2 Å². The molecule has 5 rings (SSSR count). The number of thiazole rings is 1. The highest BCUT2D eigenvalue weighted by molar-refractivity contribution is 7.07. The highest BCUT2D eigenvalue weighted by atomic mass is 32.1. The second-order valence-electron chi connectivity index (χ2n) is 8.14. The Labute approximate surface area is 199 Å². The van der Waals surface area contributed by atoms with Gasteiger partial charge in [0.25, 0.3) is 11.5 Å². The Morgan fingerprint density at radius 2 is 1.71 bits per heavy atom. The summed E-state index contributed by atoms with van der Waals surface area (Å²) in [5, 5.41) is 2.92. The molecule has 2 aliphatic heterocycles. The molecular formula is C24H24N4O5S. The third kappa shape index (κ3) is 3.33. The van der Waals surface area contributed by atoms with Crippen LogP contribution in [0, 0.1) is 13.8 Å². The predicted molar refractivity (Wildman–Crippen MR) is 130 cm³/mol. The zero-order valence-corrected chi connectivity index (χ0v) is 20.3. The molecule has 2 aliphatic rings. The summed E-state index contributed by atoms with van der Waals surface area (Å²) >= 11 is 1.25. The van der Waals surface area contributed by atoms with Gasteiger partial charge >= 0.3 is 0 Å². The average molecular weight is 481 g/mol. The van der Waals surface area contributed by atoms with Crippen LogP contribution in [0.3, 0.4) is 0 Å². The molecule has 0 atom stereocenters. The zero-order valence-electron chi connectivity index (χ0n) is 19.5. The van der Waals surface area contributed by atoms with E-state index in [0.29, 0.717) is 38.8 Å². The van der Waals surface area contributed by atoms with Crippen molar-refractivity contribution in [2.45, 2.75) is 20.5 Å². The first kappa shape index (κ1) is 22.0. The van der Waals surface area contributed by atoms with Crippen molar-refractivity contribution < 1.29 is 19.0 Å². The minimum absolute atomic E-state index is 0.238. The van der Waals surface area contributed by atoms with Crippen LogP contribution < -0.4 is 39.3 Å². The van der Waals surface area contributed by atoms with Gasteiger partial charge in [0.15, 0.2) is 16.3 Å². The number of amides is 1. The number of ether oxygens (including phenoxy) is 3. The van der Waals surface area contributed by atoms with E-state index >= 15 is 0 Å². The molecule has 1 amide bonds. The van der Waals surface area contributed by atoms with Gasteiger partial charge in [0.1, 0.15) is 17.9 Å². The largest absolute Gasteiger partial charge is 0.493 e. The summed E-state index contributed by atoms with van der Waals surface area (Å²) < 4.78 is 18.3. The van der Waals surface area contributed by atoms with E-state index in [0.717, 1.165) is 28.1 Å². The van der Waals surface area contributed by atoms with Gasteiger partial charge in [-0.15, -0.1) is 0 Å². The molecule has 0 saturated carbocycles. The predicted octanol–water partition coefficient (Wildman–Crippen LogP) is 1.76. The molecule has 176 valence electrons. The van der Waals surface area contributed by atoms with E-state index in [4.69, 9.17) is 14.2 Å². The second kappa shape index (κ2) is 8.21. The van der Waals surface area contributed by atoms with Crippen LogP contribution in [-0.2, 0) is 11.5 Å². The van der Waals surface area contributed by atoms with E-state index in [2.05, 4.69) is 10.3 Å². The number of rotatable bonds is 4. The first-order valence-corrected chi connectivity index (χ1v) is 11.4. The number of nitrogens with one attached hydrogen (secondary N) is 1. The Morgan fingerprint density at radius 3 is 2.35 bits per heavy atom. The highest BCUT2D eigenvalue weighted by Crippen LogP contribution is 2.41. The molecule has 1 N–H and O–H groups in total. The summed E-state index contributed by atoms with van der Waals surface area (Å²) in [5.74, 6) is 1.26. The monoisotopic (exact) mass is 480 g/mol. The Bertz CT molecular complexity index is 1500. The summed E-state index contributed by atoms with van der Waals surface area (Å²) in [6.45, 7) is 4.55. The maximum Gasteiger partial charge on any atom is 0.272 e. The fraction of sp³-hybridized carbons (Fsp3) is 0.292. The second-order valence-corrected chi connectivity index (χ2v) is 9.12. The molecule has 0 spiro atoms. The van der Waals surface area contributed by atoms with Gasteiger partial charge in [0.05, 0.1) is 32.6 Å². The van der Waals surface area contributed by atoms with Crippen LogP contribution in [-0.4, -0.2) is 38.5 Å². The third-order valence-electron chi connectivity index (χ3n) is 6.01. The Hall–Kier alpha value is -3.79. The quantitative estimate of drug-likeness (QED) is 0.612. The van der Waals surface area contributed by atoms with Crippen LogP contribution in [0.2, 0.25) is 0 Å². The van der Waals surface area contributed by atoms with Crippen LogP contribution in [0.15, 0.2) is 34.1 Å². The van der Waals surface area contributed by atoms with Gasteiger partial charge in [0.2, 0.25) is 5.75 Å². The molecular weight excluding hydrogens is 456 g/mol. The SMILES string of the molecule is COc1cc(N2CN=c3s/c(=C4\C(=O)Nc5c(C)cc(C)cc54)c(=O)n3C2)cc(OC)c1OC. The average Bonchev–Trinajstić information content (AvgIpc) is 3.33. The fourth-order valence-corrected chi connectivity index (χ4v) is 5.49. The lowest BCUT2D eigenvalue weighted by Gasteiger charge is -2.27. The van der Waals surface area contributed by atoms with Crippen molar-refractivity contribution in [1.29, 1.82) is 0 Å². The van der Waals surface area contributed by atoms with Crippen LogP contribution in [0.1, 0.15) is 16.7 Å². The molecule has 3 heterocycles. The van der Waals surface area contributed by atoms with E-state index in [-0.39, 0.29) is 18.1 Å². The number of benzene rings is 2. The number of carbonyl (C=O) groups is 1. The van der Waals surface area contributed by atoms with Crippen molar-refractivity contribution in [2.24, 2.45) is 4.99 Å². The zero-order chi connectivity index (χ0) is 24.1. The summed E-state index contributed by atoms with van der Waals surface area (Å²) in [7, 11) is 4.66. The fourth-order valence-electron chi connectivity index (χ4n) is 4.43. The lowest BCUT2D eigenvalue weighted by atomic mass is 10.0. The highest BCUT2D eigenvalue weighted by Gasteiger charge is 2.29. The molecule has 10 heteroatoms. The van der Waals surface area contributed by atoms with E-state index in [1.807, 2.05) is 43.0 Å². The van der Waals surface area contributed by atoms with Crippen LogP contribution in [0.5, 0.6) is 17.2 Å². The van der Waals surface area contributed by atoms with Crippen molar-refractivity contribution >= 4 is 34.2 Å². The van der Waals surface area contributed by atoms with Gasteiger partial charge in [-0.3, -0.25) is 14.2 Å². The third-order valence-corrected chi connectivity index (χ3v) is 7.12. The van der Waals surface area contributed by atoms with Crippen molar-refractivity contribution in [2.75, 3.05) is 38.2 Å². The minimum atomic E-state index is -0.263. The molecule has 0 fully saturated rings. The number of methoxy groups -OCH3 is 3. The number of hydrogen-bond donors (Lipinski definition) is 1. The Kier molecular flexibility index (Phi) is 5.32. The maximum absolute atomic E-state index is 13.5. The first-order chi connectivity index (χ1) is 16.4. The molecule has 2 aromatic carbocycles. The molecule has 3 aromatic rings. The molecule has 0 unspecified atom stereocenters. The van der Waals surface area contributed by atoms with E-state index in [1.165, 1.54) is 11.3 Å². The summed E-state index contributed by atoms with van der Waals surface area (Å²) in [5.41, 5.74) is 4.47. The van der Waals surface area contributed by atoms with E-state index < -0.39 is 0 Å². The topological polar surface area (TPSA) is 94.4 Å². The summed E-state index contributed by atoms with van der Waals surface area (Å²) in [6, 6.07) is 7.60. The molecule has 0 radical (unpaired) electrons. The number of aromatic nitrogens is 1. The number of nitrogens with zero attached hydrogens (tertiary/aromatic N) is 3. The van der Waals surface area contributed by atoms with Gasteiger partial charge in [-0.1, -0.05) is 23.0 Å². The molecule has 0 bridgehead atoms. The van der Waals surface area contributed by atoms with Gasteiger partial charge in [-0.05, 0) is 25.5 Å². The van der Waals surface area contributed by atoms with E-state index in [9.17, 15) is 9.59 Å². The van der Waals surface area contributed by atoms with Gasteiger partial charge in [0, 0.05) is 23.4 Å². The lowest BCUT2D eigenvalue weighted by Crippen LogP contribution is -2.43. The number of anilines is 2. The van der Waals surface area contributed by atoms with Crippen molar-refractivity contribution in [3.63, 3.8) is 0 Å². The Balaban J connectivity index is 1.62. The first-order valence-electron chi connectivity index (χ1n) is 10.6. The number of carbonyl (C=O) groups excluding carboxylic acids is 1. The molecule has 0 aliphatic carbocycles. The smallest absolute Gasteiger partial charge is 0.272 e. The number of fused-ring (bicyclic) bond motifs is 2. The van der Waals surface area contributed by atoms with Gasteiger partial charge in [-0.25, -0.2) is 4.99 Å². The summed E-state index contributed by atoms with van der Waals surface area (Å²) in [6.07, 6.45) is 0. The molecule has 0 saturated heterocycles. The molecule has 1 aromatic heterocycles. The minimum Gasteiger partial charge on any atom is -0.493 e. The van der Waals surface area contributed by atoms with Crippen LogP contribution >= 0.6 is 11.3 Å². The van der Waals surface area contributed by atoms with E-state index in [1.54, 1.807) is 25.9 Å². The standard InChI is InChI=1S/C24H24N4O5S/c1-12-6-13(2)19-15(7-12)18(22(29)26-19)21-23(30)28-11-27(10-25-24(28)34-21)14-8-16(31-3)20(33-5)17(9-14)32-4/h6-9H,10-11H2,1-5H3,(H,26,29)/b21-18-. The van der Waals surface area contributed by atoms with Crippen molar-refractivity contribution in [1.82, 2.24) is 4.57 Å². The normalized spacial score (nSPS) is 15.9. The molecule has 9 nitrogen and oxygen atoms in total. The van der Waals surface area contributed by atoms with Gasteiger partial charge in [-0.2, -0.15) is 0 Å². The van der Waals surface area contributed by atoms with Crippen molar-refractivity contribution in [3.05, 3.63) is 60.6 Å². The van der Waals surface area contributed by atoms with Crippen LogP contribution in [0.4, 0.5) is 11.4 Å².